The fraction of sp³-hybridized carbons (Fsp3) is 0.667. The van der Waals surface area contributed by atoms with Crippen LogP contribution in [0.5, 0.6) is 0 Å². The van der Waals surface area contributed by atoms with E-state index in [2.05, 4.69) is 31.7 Å². The van der Waals surface area contributed by atoms with E-state index in [0.717, 1.165) is 43.8 Å². The van der Waals surface area contributed by atoms with Gasteiger partial charge in [0.2, 0.25) is 0 Å². The van der Waals surface area contributed by atoms with Gasteiger partial charge in [-0.25, -0.2) is 0 Å². The van der Waals surface area contributed by atoms with Crippen LogP contribution in [0.3, 0.4) is 0 Å². The fourth-order valence-corrected chi connectivity index (χ4v) is 5.26. The molecular weight excluding hydrogens is 405 g/mol. The summed E-state index contributed by atoms with van der Waals surface area (Å²) in [7, 11) is 0. The van der Waals surface area contributed by atoms with Gasteiger partial charge in [0.1, 0.15) is 5.60 Å². The summed E-state index contributed by atoms with van der Waals surface area (Å²) in [5.41, 5.74) is 0.758. The van der Waals surface area contributed by atoms with Crippen molar-refractivity contribution in [3.63, 3.8) is 0 Å². The lowest BCUT2D eigenvalue weighted by Crippen LogP contribution is -2.59. The van der Waals surface area contributed by atoms with E-state index >= 15 is 0 Å². The summed E-state index contributed by atoms with van der Waals surface area (Å²) in [5, 5.41) is 1.45. The molecule has 152 valence electrons. The number of hydrogen-bond donors (Lipinski definition) is 0. The zero-order valence-electron chi connectivity index (χ0n) is 16.6. The van der Waals surface area contributed by atoms with Crippen LogP contribution < -0.4 is 0 Å². The zero-order chi connectivity index (χ0) is 19.1. The number of nitrogens with zero attached hydrogens (tertiary/aromatic N) is 1. The minimum absolute atomic E-state index is 0. The highest BCUT2D eigenvalue weighted by atomic mass is 35.5. The maximum absolute atomic E-state index is 11.8. The lowest BCUT2D eigenvalue weighted by molar-refractivity contribution is -0.186. The predicted molar refractivity (Wildman–Crippen MR) is 114 cm³/mol. The second kappa shape index (κ2) is 8.49. The van der Waals surface area contributed by atoms with Crippen molar-refractivity contribution >= 4 is 41.6 Å². The van der Waals surface area contributed by atoms with Gasteiger partial charge in [0, 0.05) is 54.4 Å². The molecule has 0 saturated carbocycles. The highest BCUT2D eigenvalue weighted by Gasteiger charge is 2.51. The van der Waals surface area contributed by atoms with E-state index in [1.807, 2.05) is 12.1 Å². The summed E-state index contributed by atoms with van der Waals surface area (Å²) in [6.07, 6.45) is 4.00. The van der Waals surface area contributed by atoms with Crippen LogP contribution in [0.15, 0.2) is 18.2 Å². The van der Waals surface area contributed by atoms with Crippen LogP contribution in [0.4, 0.5) is 0 Å². The first-order chi connectivity index (χ1) is 12.1. The first-order valence-corrected chi connectivity index (χ1v) is 10.3. The number of halogens is 3. The number of ether oxygens (including phenoxy) is 1. The van der Waals surface area contributed by atoms with Crippen LogP contribution in [-0.2, 0) is 9.53 Å². The van der Waals surface area contributed by atoms with Crippen LogP contribution in [0.2, 0.25) is 10.0 Å². The van der Waals surface area contributed by atoms with Crippen LogP contribution in [0.1, 0.15) is 64.9 Å². The number of hydrogen-bond acceptors (Lipinski definition) is 3. The first-order valence-electron chi connectivity index (χ1n) is 9.50. The van der Waals surface area contributed by atoms with E-state index in [1.54, 1.807) is 0 Å². The fourth-order valence-electron chi connectivity index (χ4n) is 4.70. The van der Waals surface area contributed by atoms with Gasteiger partial charge < -0.3 is 4.74 Å². The standard InChI is InChI=1S/C21H29Cl2NO2.ClH/c1-14(25)26-21(20(2,3)4)9-10-24-13-15(5-7-17(24)12-21)18-8-6-16(22)11-19(18)23;/h6,8,11,15,17H,5,7,9-10,12-13H2,1-4H3;1H/t15-,17+,21-;/m0./s1. The van der Waals surface area contributed by atoms with Gasteiger partial charge in [-0.3, -0.25) is 9.69 Å². The summed E-state index contributed by atoms with van der Waals surface area (Å²) in [6.45, 7) is 10.0. The van der Waals surface area contributed by atoms with Crippen LogP contribution in [-0.4, -0.2) is 35.6 Å². The molecule has 2 heterocycles. The number of carbonyl (C=O) groups excluding carboxylic acids is 1. The third-order valence-electron chi connectivity index (χ3n) is 6.30. The summed E-state index contributed by atoms with van der Waals surface area (Å²) >= 11 is 12.5. The molecule has 3 atom stereocenters. The normalized spacial score (nSPS) is 28.8. The van der Waals surface area contributed by atoms with Crippen LogP contribution >= 0.6 is 35.6 Å². The van der Waals surface area contributed by atoms with Crippen LogP contribution in [0, 0.1) is 5.41 Å². The monoisotopic (exact) mass is 433 g/mol. The summed E-state index contributed by atoms with van der Waals surface area (Å²) in [5.74, 6) is 0.266. The Bertz CT molecular complexity index is 688. The third-order valence-corrected chi connectivity index (χ3v) is 6.86. The molecule has 1 aromatic carbocycles. The Morgan fingerprint density at radius 2 is 1.96 bits per heavy atom. The average molecular weight is 435 g/mol. The molecule has 0 unspecified atom stereocenters. The number of piperidine rings is 2. The molecule has 0 aromatic heterocycles. The molecule has 1 aromatic rings. The molecule has 0 bridgehead atoms. The molecule has 0 N–H and O–H groups in total. The Morgan fingerprint density at radius 1 is 1.26 bits per heavy atom. The van der Waals surface area contributed by atoms with Crippen molar-refractivity contribution in [2.24, 2.45) is 5.41 Å². The first kappa shape index (κ1) is 22.8. The van der Waals surface area contributed by atoms with E-state index in [-0.39, 0.29) is 29.4 Å². The lowest BCUT2D eigenvalue weighted by atomic mass is 9.67. The molecular formula is C21H30Cl3NO2. The quantitative estimate of drug-likeness (QED) is 0.526. The van der Waals surface area contributed by atoms with Crippen molar-refractivity contribution in [2.45, 2.75) is 70.9 Å². The summed E-state index contributed by atoms with van der Waals surface area (Å²) in [6, 6.07) is 6.30. The average Bonchev–Trinajstić information content (AvgIpc) is 2.53. The number of fused-ring (bicyclic) bond motifs is 1. The molecule has 6 heteroatoms. The summed E-state index contributed by atoms with van der Waals surface area (Å²) < 4.78 is 5.93. The topological polar surface area (TPSA) is 29.5 Å². The van der Waals surface area contributed by atoms with Crippen molar-refractivity contribution in [1.82, 2.24) is 4.90 Å². The number of esters is 1. The Labute approximate surface area is 179 Å². The van der Waals surface area contributed by atoms with E-state index in [4.69, 9.17) is 27.9 Å². The highest BCUT2D eigenvalue weighted by Crippen LogP contribution is 2.47. The van der Waals surface area contributed by atoms with Gasteiger partial charge in [0.15, 0.2) is 0 Å². The van der Waals surface area contributed by atoms with Crippen molar-refractivity contribution in [2.75, 3.05) is 13.1 Å². The maximum Gasteiger partial charge on any atom is 0.303 e. The van der Waals surface area contributed by atoms with Gasteiger partial charge >= 0.3 is 5.97 Å². The van der Waals surface area contributed by atoms with Gasteiger partial charge in [-0.2, -0.15) is 0 Å². The Morgan fingerprint density at radius 3 is 2.56 bits per heavy atom. The molecule has 0 aliphatic carbocycles. The van der Waals surface area contributed by atoms with Crippen molar-refractivity contribution in [3.05, 3.63) is 33.8 Å². The molecule has 0 spiro atoms. The van der Waals surface area contributed by atoms with Crippen molar-refractivity contribution < 1.29 is 9.53 Å². The molecule has 2 fully saturated rings. The minimum atomic E-state index is -0.370. The SMILES string of the molecule is CC(=O)O[C@@]1(C(C)(C)C)CCN2C[C@@H](c3ccc(Cl)cc3Cl)CC[C@@H]2C1.Cl. The molecule has 0 radical (unpaired) electrons. The summed E-state index contributed by atoms with van der Waals surface area (Å²) in [4.78, 5) is 14.3. The van der Waals surface area contributed by atoms with Crippen molar-refractivity contribution in [3.8, 4) is 0 Å². The molecule has 2 saturated heterocycles. The van der Waals surface area contributed by atoms with E-state index in [1.165, 1.54) is 12.5 Å². The van der Waals surface area contributed by atoms with Gasteiger partial charge in [-0.15, -0.1) is 12.4 Å². The number of carbonyl (C=O) groups is 1. The smallest absolute Gasteiger partial charge is 0.303 e. The second-order valence-electron chi connectivity index (χ2n) is 8.88. The minimum Gasteiger partial charge on any atom is -0.459 e. The number of benzene rings is 1. The van der Waals surface area contributed by atoms with E-state index < -0.39 is 0 Å². The molecule has 27 heavy (non-hydrogen) atoms. The largest absolute Gasteiger partial charge is 0.459 e. The molecule has 3 nitrogen and oxygen atoms in total. The lowest BCUT2D eigenvalue weighted by Gasteiger charge is -2.54. The predicted octanol–water partition coefficient (Wildman–Crippen LogP) is 6.11. The molecule has 0 amide bonds. The number of rotatable bonds is 2. The Balaban J connectivity index is 0.00000261. The van der Waals surface area contributed by atoms with Gasteiger partial charge in [-0.1, -0.05) is 50.0 Å². The molecule has 2 aliphatic rings. The second-order valence-corrected chi connectivity index (χ2v) is 9.72. The highest BCUT2D eigenvalue weighted by molar-refractivity contribution is 6.35. The van der Waals surface area contributed by atoms with Crippen molar-refractivity contribution in [1.29, 1.82) is 0 Å². The van der Waals surface area contributed by atoms with E-state index in [9.17, 15) is 4.79 Å². The third kappa shape index (κ3) is 4.75. The van der Waals surface area contributed by atoms with Crippen LogP contribution in [0.25, 0.3) is 0 Å². The van der Waals surface area contributed by atoms with Gasteiger partial charge in [-0.05, 0) is 36.5 Å². The molecule has 2 aliphatic heterocycles. The van der Waals surface area contributed by atoms with Gasteiger partial charge in [0.05, 0.1) is 0 Å². The Hall–Kier alpha value is -0.480. The van der Waals surface area contributed by atoms with E-state index in [0.29, 0.717) is 17.0 Å². The Kier molecular flexibility index (Phi) is 7.17. The zero-order valence-corrected chi connectivity index (χ0v) is 18.9. The molecule has 3 rings (SSSR count). The maximum atomic E-state index is 11.8. The van der Waals surface area contributed by atoms with Gasteiger partial charge in [0.25, 0.3) is 0 Å².